The average molecular weight is 1680 g/mol. The Kier molecular flexibility index (Phi) is 29.1. The number of ether oxygens (including phenoxy) is 8. The number of aromatic hydroxyl groups is 3. The van der Waals surface area contributed by atoms with E-state index in [1.54, 1.807) is 0 Å². The number of nitrogens with two attached hydrogens (primary N) is 3. The van der Waals surface area contributed by atoms with Gasteiger partial charge in [-0.25, -0.2) is 0 Å². The van der Waals surface area contributed by atoms with E-state index in [0.29, 0.717) is 12.8 Å². The first kappa shape index (κ1) is 90.2. The fraction of sp³-hybridized carbons (Fsp3) is 0.537. The molecule has 648 valence electrons. The Morgan fingerprint density at radius 2 is 1.26 bits per heavy atom. The van der Waals surface area contributed by atoms with Crippen LogP contribution < -0.4 is 73.9 Å². The van der Waals surface area contributed by atoms with Gasteiger partial charge in [0.05, 0.1) is 48.5 Å². The molecule has 0 unspecified atom stereocenters. The van der Waals surface area contributed by atoms with Gasteiger partial charge < -0.3 is 144 Å². The van der Waals surface area contributed by atoms with Crippen molar-refractivity contribution >= 4 is 58.9 Å². The molecule has 3 saturated heterocycles. The van der Waals surface area contributed by atoms with Gasteiger partial charge in [0.1, 0.15) is 95.5 Å². The number of unbranched alkanes of at least 4 members (excludes halogenated alkanes) is 6. The third-order valence-corrected chi connectivity index (χ3v) is 22.5. The summed E-state index contributed by atoms with van der Waals surface area (Å²) in [6.45, 7) is 11.0. The first-order valence-electron chi connectivity index (χ1n) is 39.8. The van der Waals surface area contributed by atoms with Crippen LogP contribution in [0.5, 0.6) is 46.0 Å². The largest absolute Gasteiger partial charge is 0.508 e. The minimum Gasteiger partial charge on any atom is -0.508 e. The molecule has 23 N–H and O–H groups in total. The zero-order valence-electron chi connectivity index (χ0n) is 67.1. The van der Waals surface area contributed by atoms with Crippen molar-refractivity contribution in [2.24, 2.45) is 23.1 Å². The fourth-order valence-electron chi connectivity index (χ4n) is 15.6. The van der Waals surface area contributed by atoms with Crippen molar-refractivity contribution in [2.75, 3.05) is 20.2 Å². The Labute approximate surface area is 691 Å². The first-order valence-corrected chi connectivity index (χ1v) is 40.2. The van der Waals surface area contributed by atoms with Crippen molar-refractivity contribution in [2.45, 2.75) is 252 Å². The van der Waals surface area contributed by atoms with Gasteiger partial charge in [-0.2, -0.15) is 0 Å². The van der Waals surface area contributed by atoms with Gasteiger partial charge in [0.15, 0.2) is 30.2 Å². The molecule has 0 aromatic heterocycles. The highest BCUT2D eigenvalue weighted by molar-refractivity contribution is 6.32. The van der Waals surface area contributed by atoms with E-state index in [0.717, 1.165) is 74.6 Å². The Bertz CT molecular complexity index is 4520. The van der Waals surface area contributed by atoms with Gasteiger partial charge in [0, 0.05) is 47.7 Å². The zero-order valence-corrected chi connectivity index (χ0v) is 67.8. The van der Waals surface area contributed by atoms with Crippen molar-refractivity contribution in [1.29, 1.82) is 0 Å². The summed E-state index contributed by atoms with van der Waals surface area (Å²) >= 11 is 7.18. The van der Waals surface area contributed by atoms with Gasteiger partial charge in [0.2, 0.25) is 59.3 Å². The number of carbonyl (C=O) groups excluding carboxylic acids is 8. The Morgan fingerprint density at radius 1 is 0.655 bits per heavy atom. The van der Waals surface area contributed by atoms with Crippen LogP contribution in [0.1, 0.15) is 177 Å². The molecular formula is C82H108ClN11O25. The van der Waals surface area contributed by atoms with Gasteiger partial charge >= 0.3 is 0 Å². The molecule has 8 heterocycles. The van der Waals surface area contributed by atoms with Crippen LogP contribution in [0.3, 0.4) is 0 Å². The van der Waals surface area contributed by atoms with Gasteiger partial charge in [-0.3, -0.25) is 38.4 Å². The van der Waals surface area contributed by atoms with Crippen molar-refractivity contribution in [1.82, 2.24) is 42.5 Å². The SMILES string of the molecule is CCCCCCCCCNC(=O)[C@H]1NC(=O)[C@H]2NC(=O)[C@H](NC(=O)[C@@H]3NC(=O)[C@H](CC(N)=O)NC(=O)[C@H](NC(=O)[C@@H](CC(C)C)NC)[C@H](O)c4ccc(c(Cl)c4)Oc4cc3cc(c4O[C@@H]3O[C@H](CO)[C@@H](O)[C@H](O)[C@H]3O[C@H]3C[C@](C)(N)[C@@H](O)[C@H](C)O3)Oc3ccc(cc3)[C@H]2O[C@H]2C[C@](C)(N)[C@@H](O)[C@H](C)O2)c2ccc(O)c(c2)-c2c(O)cc(O)cc21. The maximum absolute atomic E-state index is 16.5. The van der Waals surface area contributed by atoms with Crippen LogP contribution >= 0.6 is 11.6 Å². The number of likely N-dealkylation sites (N-methyl/N-ethyl adjacent to an activating group) is 1. The molecule has 5 aromatic carbocycles. The highest BCUT2D eigenvalue weighted by atomic mass is 35.5. The number of carbonyl (C=O) groups is 8. The van der Waals surface area contributed by atoms with Gasteiger partial charge in [-0.15, -0.1) is 0 Å². The van der Waals surface area contributed by atoms with Crippen LogP contribution in [-0.2, 0) is 62.0 Å². The molecule has 37 heteroatoms. The second-order valence-electron chi connectivity index (χ2n) is 32.2. The van der Waals surface area contributed by atoms with Gasteiger partial charge in [-0.05, 0) is 136 Å². The molecule has 22 atom stereocenters. The fourth-order valence-corrected chi connectivity index (χ4v) is 15.8. The number of aliphatic hydroxyl groups is 6. The smallest absolute Gasteiger partial charge is 0.248 e. The van der Waals surface area contributed by atoms with E-state index in [-0.39, 0.29) is 81.6 Å². The van der Waals surface area contributed by atoms with Crippen molar-refractivity contribution in [3.05, 3.63) is 118 Å². The summed E-state index contributed by atoms with van der Waals surface area (Å²) in [5.41, 5.74) is 14.5. The van der Waals surface area contributed by atoms with Crippen LogP contribution in [-0.4, -0.2) is 216 Å². The number of primary amides is 1. The molecule has 11 bridgehead atoms. The second-order valence-corrected chi connectivity index (χ2v) is 32.6. The Morgan fingerprint density at radius 3 is 1.88 bits per heavy atom. The molecule has 3 fully saturated rings. The van der Waals surface area contributed by atoms with Gasteiger partial charge in [-0.1, -0.05) is 95.2 Å². The Hall–Kier alpha value is -9.61. The number of phenolic OH excluding ortho intramolecular Hbond substituents is 3. The second kappa shape index (κ2) is 38.4. The van der Waals surface area contributed by atoms with Crippen LogP contribution in [0.15, 0.2) is 84.9 Å². The molecule has 0 aliphatic carbocycles. The minimum absolute atomic E-state index is 0.0211. The number of benzene rings is 5. The standard InChI is InChI=1S/C82H108ClN11O25/c1-9-10-11-12-13-14-15-24-88-75(107)62-46-30-43(96)31-51(98)59(46)45-26-40(18-22-50(45)97)60-76(108)94-64(79(111)92-62)68(117-57-33-81(6,85)71(103)37(4)112-57)39-16-20-44(21-17-39)114-53-28-42-29-54(69(53)119-80-70(67(102)66(101)55(35-95)116-80)118-58-34-82(7,86)72(104)38(5)113-58)115-52-23-19-41(27-47(52)83)65(100)63(93-73(105)48(87-8)25-36(2)3)78(110)89-49(32-56(84)99)74(106)90-61(42)77(109)91-60/h16-23,26-31,36-38,48-49,55,57-58,60-68,70-72,80,87,95-98,100-104H,9-15,24-25,32-35,85-86H2,1-8H3,(H2,84,99)(H,88,107)(H,89,110)(H,90,106)(H,91,109)(H,92,111)(H,93,105)(H,94,108)/t37-,38-,48+,49-,55+,57-,58-,60+,61+,62-,63+,64-,65+,66+,67-,68+,70+,71-,72-,80-,81-,82-/m0/s1. The summed E-state index contributed by atoms with van der Waals surface area (Å²) in [7, 11) is 1.49. The average Bonchev–Trinajstić information content (AvgIpc) is 0.764. The van der Waals surface area contributed by atoms with E-state index in [1.807, 2.05) is 13.8 Å². The number of nitrogens with one attached hydrogen (secondary N) is 8. The van der Waals surface area contributed by atoms with E-state index >= 15 is 28.8 Å². The summed E-state index contributed by atoms with van der Waals surface area (Å²) in [5.74, 6) is -13.8. The highest BCUT2D eigenvalue weighted by Gasteiger charge is 2.52. The lowest BCUT2D eigenvalue weighted by molar-refractivity contribution is -0.333. The third-order valence-electron chi connectivity index (χ3n) is 22.2. The molecule has 119 heavy (non-hydrogen) atoms. The van der Waals surface area contributed by atoms with E-state index in [2.05, 4.69) is 49.5 Å². The molecule has 0 spiro atoms. The number of phenols is 3. The summed E-state index contributed by atoms with van der Waals surface area (Å²) in [6.07, 6.45) is -16.1. The van der Waals surface area contributed by atoms with Crippen LogP contribution in [0.4, 0.5) is 0 Å². The molecule has 5 aromatic rings. The number of amides is 8. The summed E-state index contributed by atoms with van der Waals surface area (Å²) in [4.78, 5) is 123. The normalized spacial score (nSPS) is 30.7. The minimum atomic E-state index is -2.33. The lowest BCUT2D eigenvalue weighted by atomic mass is 9.86. The maximum atomic E-state index is 16.5. The quantitative estimate of drug-likeness (QED) is 0.0418. The predicted octanol–water partition coefficient (Wildman–Crippen LogP) is 2.47. The zero-order chi connectivity index (χ0) is 86.4. The highest BCUT2D eigenvalue weighted by Crippen LogP contribution is 2.50. The van der Waals surface area contributed by atoms with Crippen molar-refractivity contribution in [3.8, 4) is 57.1 Å². The number of rotatable bonds is 23. The third kappa shape index (κ3) is 20.9. The summed E-state index contributed by atoms with van der Waals surface area (Å²) in [5, 5.41) is 126. The van der Waals surface area contributed by atoms with Crippen molar-refractivity contribution < 1.29 is 122 Å². The molecule has 0 radical (unpaired) electrons. The maximum Gasteiger partial charge on any atom is 0.248 e. The summed E-state index contributed by atoms with van der Waals surface area (Å²) < 4.78 is 52.3. The summed E-state index contributed by atoms with van der Waals surface area (Å²) in [6, 6.07) is 2.93. The monoisotopic (exact) mass is 1680 g/mol. The lowest BCUT2D eigenvalue weighted by Gasteiger charge is -2.47. The van der Waals surface area contributed by atoms with E-state index in [1.165, 1.54) is 77.2 Å². The number of aliphatic hydroxyl groups excluding tert-OH is 6. The molecule has 8 amide bonds. The van der Waals surface area contributed by atoms with Crippen LogP contribution in [0.2, 0.25) is 5.02 Å². The number of hydrogen-bond donors (Lipinski definition) is 20. The topological polar surface area (TPSA) is 567 Å². The van der Waals surface area contributed by atoms with Crippen LogP contribution in [0, 0.1) is 5.92 Å². The molecule has 36 nitrogen and oxygen atoms in total. The first-order chi connectivity index (χ1) is 56.4. The lowest BCUT2D eigenvalue weighted by Crippen LogP contribution is -2.64. The van der Waals surface area contributed by atoms with E-state index in [9.17, 15) is 55.5 Å². The van der Waals surface area contributed by atoms with E-state index in [4.69, 9.17) is 66.7 Å². The predicted molar refractivity (Wildman–Crippen MR) is 424 cm³/mol. The molecule has 8 aliphatic rings. The molecule has 13 rings (SSSR count). The van der Waals surface area contributed by atoms with Gasteiger partial charge in [0.25, 0.3) is 0 Å². The molecule has 0 saturated carbocycles. The van der Waals surface area contributed by atoms with Crippen molar-refractivity contribution in [3.63, 3.8) is 0 Å². The number of fused-ring (bicyclic) bond motifs is 15. The Balaban J connectivity index is 1.16. The number of hydrogen-bond acceptors (Lipinski definition) is 28. The molecular weight excluding hydrogens is 1570 g/mol. The number of halogens is 1. The molecule has 8 aliphatic heterocycles. The van der Waals surface area contributed by atoms with Crippen LogP contribution in [0.25, 0.3) is 11.1 Å². The van der Waals surface area contributed by atoms with E-state index < -0.39 is 234 Å².